The van der Waals surface area contributed by atoms with Crippen molar-refractivity contribution < 1.29 is 0 Å². The van der Waals surface area contributed by atoms with Crippen LogP contribution in [0.15, 0.2) is 41.0 Å². The molecule has 2 aromatic rings. The van der Waals surface area contributed by atoms with Crippen molar-refractivity contribution in [3.63, 3.8) is 0 Å². The predicted octanol–water partition coefficient (Wildman–Crippen LogP) is 3.16. The maximum absolute atomic E-state index is 4.28. The van der Waals surface area contributed by atoms with Gasteiger partial charge in [0.1, 0.15) is 0 Å². The second kappa shape index (κ2) is 5.07. The molecule has 2 rings (SSSR count). The number of benzene rings is 1. The van der Waals surface area contributed by atoms with Crippen LogP contribution < -0.4 is 5.32 Å². The molecule has 0 radical (unpaired) electrons. The smallest absolute Gasteiger partial charge is 0.223 e. The molecule has 0 aliphatic rings. The number of nitrogens with zero attached hydrogens (tertiary/aromatic N) is 2. The van der Waals surface area contributed by atoms with Gasteiger partial charge in [-0.3, -0.25) is 0 Å². The first-order valence-electron chi connectivity index (χ1n) is 5.02. The predicted molar refractivity (Wildman–Crippen MR) is 68.2 cm³/mol. The molecule has 0 aliphatic heterocycles. The van der Waals surface area contributed by atoms with E-state index in [0.717, 1.165) is 10.2 Å². The Morgan fingerprint density at radius 1 is 1.25 bits per heavy atom. The van der Waals surface area contributed by atoms with Gasteiger partial charge < -0.3 is 5.32 Å². The summed E-state index contributed by atoms with van der Waals surface area (Å²) in [6.45, 7) is 2.66. The zero-order valence-corrected chi connectivity index (χ0v) is 10.5. The van der Waals surface area contributed by atoms with E-state index in [2.05, 4.69) is 37.3 Å². The molecule has 0 atom stereocenters. The van der Waals surface area contributed by atoms with Crippen molar-refractivity contribution in [3.8, 4) is 0 Å². The maximum atomic E-state index is 4.28. The third-order valence-electron chi connectivity index (χ3n) is 2.19. The lowest BCUT2D eigenvalue weighted by Crippen LogP contribution is -2.04. The van der Waals surface area contributed by atoms with Crippen molar-refractivity contribution >= 4 is 21.9 Å². The molecule has 82 valence electrons. The minimum Gasteiger partial charge on any atom is -0.350 e. The van der Waals surface area contributed by atoms with Crippen molar-refractivity contribution in [3.05, 3.63) is 52.3 Å². The van der Waals surface area contributed by atoms with Gasteiger partial charge in [0.15, 0.2) is 0 Å². The molecule has 3 nitrogen and oxygen atoms in total. The van der Waals surface area contributed by atoms with Crippen LogP contribution in [0.4, 0.5) is 5.95 Å². The summed E-state index contributed by atoms with van der Waals surface area (Å²) in [6.07, 6.45) is 1.75. The summed E-state index contributed by atoms with van der Waals surface area (Å²) >= 11 is 3.50. The van der Waals surface area contributed by atoms with Gasteiger partial charge in [-0.25, -0.2) is 9.97 Å². The van der Waals surface area contributed by atoms with Crippen molar-refractivity contribution in [2.24, 2.45) is 0 Å². The maximum Gasteiger partial charge on any atom is 0.223 e. The highest BCUT2D eigenvalue weighted by Gasteiger charge is 1.99. The van der Waals surface area contributed by atoms with Crippen LogP contribution in [-0.2, 0) is 6.54 Å². The first kappa shape index (κ1) is 11.1. The molecule has 4 heteroatoms. The van der Waals surface area contributed by atoms with E-state index in [4.69, 9.17) is 0 Å². The highest BCUT2D eigenvalue weighted by atomic mass is 79.9. The second-order valence-corrected chi connectivity index (χ2v) is 4.32. The third kappa shape index (κ3) is 2.79. The van der Waals surface area contributed by atoms with Crippen LogP contribution in [0.1, 0.15) is 11.3 Å². The Hall–Kier alpha value is -1.42. The fourth-order valence-corrected chi connectivity index (χ4v) is 1.78. The van der Waals surface area contributed by atoms with Crippen LogP contribution in [0.2, 0.25) is 0 Å². The van der Waals surface area contributed by atoms with E-state index in [1.54, 1.807) is 6.20 Å². The van der Waals surface area contributed by atoms with Crippen LogP contribution in [0.25, 0.3) is 0 Å². The fourth-order valence-electron chi connectivity index (χ4n) is 1.35. The van der Waals surface area contributed by atoms with Crippen LogP contribution in [0, 0.1) is 6.92 Å². The average molecular weight is 278 g/mol. The molecule has 1 aromatic carbocycles. The van der Waals surface area contributed by atoms with E-state index >= 15 is 0 Å². The van der Waals surface area contributed by atoms with Gasteiger partial charge in [-0.15, -0.1) is 0 Å². The number of aryl methyl sites for hydroxylation is 1. The summed E-state index contributed by atoms with van der Waals surface area (Å²) < 4.78 is 1.09. The van der Waals surface area contributed by atoms with Gasteiger partial charge in [0.25, 0.3) is 0 Å². The molecule has 0 saturated carbocycles. The molecule has 1 aromatic heterocycles. The molecule has 0 unspecified atom stereocenters. The highest BCUT2D eigenvalue weighted by molar-refractivity contribution is 9.10. The number of aromatic nitrogens is 2. The van der Waals surface area contributed by atoms with Crippen LogP contribution >= 0.6 is 15.9 Å². The average Bonchev–Trinajstić information content (AvgIpc) is 2.28. The Morgan fingerprint density at radius 2 is 2.06 bits per heavy atom. The van der Waals surface area contributed by atoms with E-state index in [0.29, 0.717) is 12.5 Å². The standard InChI is InChI=1S/C12H12BrN3/c1-9-6-7-14-12(16-9)15-8-10-4-2-3-5-11(10)13/h2-7H,8H2,1H3,(H,14,15,16). The minimum absolute atomic E-state index is 0.663. The lowest BCUT2D eigenvalue weighted by molar-refractivity contribution is 1.03. The first-order chi connectivity index (χ1) is 7.75. The summed E-state index contributed by atoms with van der Waals surface area (Å²) in [5.41, 5.74) is 2.15. The fraction of sp³-hybridized carbons (Fsp3) is 0.167. The Labute approximate surface area is 103 Å². The molecule has 0 spiro atoms. The van der Waals surface area contributed by atoms with Crippen molar-refractivity contribution in [2.45, 2.75) is 13.5 Å². The van der Waals surface area contributed by atoms with Gasteiger partial charge in [-0.2, -0.15) is 0 Å². The summed E-state index contributed by atoms with van der Waals surface area (Å²) in [7, 11) is 0. The van der Waals surface area contributed by atoms with E-state index in [-0.39, 0.29) is 0 Å². The molecule has 0 amide bonds. The number of hydrogen-bond acceptors (Lipinski definition) is 3. The minimum atomic E-state index is 0.663. The van der Waals surface area contributed by atoms with Gasteiger partial charge in [0, 0.05) is 22.9 Å². The van der Waals surface area contributed by atoms with Crippen LogP contribution in [-0.4, -0.2) is 9.97 Å². The number of nitrogens with one attached hydrogen (secondary N) is 1. The van der Waals surface area contributed by atoms with E-state index in [1.165, 1.54) is 5.56 Å². The summed E-state index contributed by atoms with van der Waals surface area (Å²) in [4.78, 5) is 8.43. The van der Waals surface area contributed by atoms with Gasteiger partial charge in [-0.1, -0.05) is 34.1 Å². The monoisotopic (exact) mass is 277 g/mol. The van der Waals surface area contributed by atoms with Crippen molar-refractivity contribution in [1.29, 1.82) is 0 Å². The lowest BCUT2D eigenvalue weighted by atomic mass is 10.2. The molecule has 1 heterocycles. The lowest BCUT2D eigenvalue weighted by Gasteiger charge is -2.06. The van der Waals surface area contributed by atoms with Crippen LogP contribution in [0.5, 0.6) is 0 Å². The molecule has 0 aliphatic carbocycles. The van der Waals surface area contributed by atoms with Crippen LogP contribution in [0.3, 0.4) is 0 Å². The largest absolute Gasteiger partial charge is 0.350 e. The zero-order valence-electron chi connectivity index (χ0n) is 8.94. The topological polar surface area (TPSA) is 37.8 Å². The Balaban J connectivity index is 2.05. The SMILES string of the molecule is Cc1ccnc(NCc2ccccc2Br)n1. The van der Waals surface area contributed by atoms with E-state index in [9.17, 15) is 0 Å². The number of anilines is 1. The number of hydrogen-bond donors (Lipinski definition) is 1. The third-order valence-corrected chi connectivity index (χ3v) is 2.96. The molecular weight excluding hydrogens is 266 g/mol. The molecule has 0 bridgehead atoms. The second-order valence-electron chi connectivity index (χ2n) is 3.47. The number of rotatable bonds is 3. The van der Waals surface area contributed by atoms with E-state index in [1.807, 2.05) is 31.2 Å². The van der Waals surface area contributed by atoms with Crippen molar-refractivity contribution in [2.75, 3.05) is 5.32 Å². The molecule has 16 heavy (non-hydrogen) atoms. The van der Waals surface area contributed by atoms with Crippen molar-refractivity contribution in [1.82, 2.24) is 9.97 Å². The Morgan fingerprint density at radius 3 is 2.81 bits per heavy atom. The Kier molecular flexibility index (Phi) is 3.51. The highest BCUT2D eigenvalue weighted by Crippen LogP contribution is 2.16. The summed E-state index contributed by atoms with van der Waals surface area (Å²) in [5, 5.41) is 3.19. The molecule has 0 fully saturated rings. The Bertz CT molecular complexity index is 485. The summed E-state index contributed by atoms with van der Waals surface area (Å²) in [6, 6.07) is 9.97. The number of halogens is 1. The first-order valence-corrected chi connectivity index (χ1v) is 5.82. The van der Waals surface area contributed by atoms with Gasteiger partial charge in [-0.05, 0) is 24.6 Å². The summed E-state index contributed by atoms with van der Waals surface area (Å²) in [5.74, 6) is 0.663. The van der Waals surface area contributed by atoms with Gasteiger partial charge >= 0.3 is 0 Å². The van der Waals surface area contributed by atoms with E-state index < -0.39 is 0 Å². The molecular formula is C12H12BrN3. The molecule has 1 N–H and O–H groups in total. The van der Waals surface area contributed by atoms with Gasteiger partial charge in [0.05, 0.1) is 0 Å². The van der Waals surface area contributed by atoms with Gasteiger partial charge in [0.2, 0.25) is 5.95 Å². The zero-order chi connectivity index (χ0) is 11.4. The molecule has 0 saturated heterocycles. The normalized spacial score (nSPS) is 10.1. The quantitative estimate of drug-likeness (QED) is 0.937.